The lowest BCUT2D eigenvalue weighted by molar-refractivity contribution is -0.0501. The van der Waals surface area contributed by atoms with Crippen LogP contribution in [0.5, 0.6) is 0 Å². The van der Waals surface area contributed by atoms with Crippen LogP contribution in [0.3, 0.4) is 0 Å². The summed E-state index contributed by atoms with van der Waals surface area (Å²) >= 11 is 0. The lowest BCUT2D eigenvalue weighted by Gasteiger charge is -2.19. The highest BCUT2D eigenvalue weighted by Crippen LogP contribution is 2.35. The number of nitrogens with zero attached hydrogens (tertiary/aromatic N) is 4. The number of imidazole rings is 1. The fraction of sp³-hybridized carbons (Fsp3) is 0.588. The van der Waals surface area contributed by atoms with Crippen molar-refractivity contribution in [2.75, 3.05) is 24.7 Å². The van der Waals surface area contributed by atoms with E-state index in [1.54, 1.807) is 13.1 Å². The Morgan fingerprint density at radius 1 is 1.26 bits per heavy atom. The van der Waals surface area contributed by atoms with E-state index >= 15 is 0 Å². The van der Waals surface area contributed by atoms with Crippen molar-refractivity contribution in [1.82, 2.24) is 19.5 Å². The molecule has 0 bridgehead atoms. The number of nitrogens with one attached hydrogen (secondary N) is 1. The molecule has 0 spiro atoms. The predicted molar refractivity (Wildman–Crippen MR) is 101 cm³/mol. The Bertz CT molecular complexity index is 823. The third kappa shape index (κ3) is 3.61. The van der Waals surface area contributed by atoms with Gasteiger partial charge in [0, 0.05) is 7.05 Å². The number of nitrogen functional groups attached to an aromatic ring is 1. The minimum Gasteiger partial charge on any atom is -0.394 e. The van der Waals surface area contributed by atoms with Gasteiger partial charge in [0.1, 0.15) is 18.3 Å². The predicted octanol–water partition coefficient (Wildman–Crippen LogP) is 0.265. The molecule has 2 aromatic rings. The summed E-state index contributed by atoms with van der Waals surface area (Å²) in [5.41, 5.74) is 6.79. The molecule has 27 heavy (non-hydrogen) atoms. The molecule has 1 fully saturated rings. The second kappa shape index (κ2) is 8.17. The zero-order chi connectivity index (χ0) is 19.6. The first-order valence-corrected chi connectivity index (χ1v) is 9.04. The summed E-state index contributed by atoms with van der Waals surface area (Å²) in [6.07, 6.45) is 2.48. The molecule has 10 heteroatoms. The van der Waals surface area contributed by atoms with Crippen molar-refractivity contribution in [3.8, 4) is 0 Å². The Morgan fingerprint density at radius 3 is 2.67 bits per heavy atom. The summed E-state index contributed by atoms with van der Waals surface area (Å²) in [6, 6.07) is 0. The van der Waals surface area contributed by atoms with E-state index in [1.165, 1.54) is 4.57 Å². The van der Waals surface area contributed by atoms with Crippen LogP contribution in [-0.4, -0.2) is 66.8 Å². The highest BCUT2D eigenvalue weighted by atomic mass is 16.6. The number of allylic oxidation sites excluding steroid dienone is 1. The molecule has 0 aromatic carbocycles. The molecule has 10 nitrogen and oxygen atoms in total. The number of anilines is 2. The maximum atomic E-state index is 10.4. The molecule has 1 saturated heterocycles. The van der Waals surface area contributed by atoms with Gasteiger partial charge in [0.15, 0.2) is 29.0 Å². The van der Waals surface area contributed by atoms with Gasteiger partial charge in [0.2, 0.25) is 5.95 Å². The van der Waals surface area contributed by atoms with Crippen LogP contribution in [0.1, 0.15) is 38.2 Å². The fourth-order valence-electron chi connectivity index (χ4n) is 3.11. The number of ether oxygens (including phenoxy) is 1. The molecule has 0 aliphatic carbocycles. The Morgan fingerprint density at radius 2 is 2.04 bits per heavy atom. The maximum Gasteiger partial charge on any atom is 0.207 e. The fourth-order valence-corrected chi connectivity index (χ4v) is 3.11. The van der Waals surface area contributed by atoms with Gasteiger partial charge in [-0.05, 0) is 12.5 Å². The van der Waals surface area contributed by atoms with Gasteiger partial charge in [-0.2, -0.15) is 0 Å². The Balaban J connectivity index is 2.05. The average Bonchev–Trinajstić information content (AvgIpc) is 3.17. The van der Waals surface area contributed by atoms with Gasteiger partial charge >= 0.3 is 0 Å². The number of nitrogens with two attached hydrogens (primary N) is 1. The van der Waals surface area contributed by atoms with Gasteiger partial charge in [-0.1, -0.05) is 25.8 Å². The molecule has 6 N–H and O–H groups in total. The summed E-state index contributed by atoms with van der Waals surface area (Å²) in [5.74, 6) is 0.983. The van der Waals surface area contributed by atoms with Crippen molar-refractivity contribution in [3.63, 3.8) is 0 Å². The maximum absolute atomic E-state index is 10.4. The van der Waals surface area contributed by atoms with Crippen molar-refractivity contribution in [3.05, 3.63) is 11.9 Å². The lowest BCUT2D eigenvalue weighted by atomic mass is 10.1. The molecule has 1 aliphatic rings. The van der Waals surface area contributed by atoms with Crippen LogP contribution in [0.4, 0.5) is 11.8 Å². The first-order chi connectivity index (χ1) is 13.0. The number of rotatable bonds is 7. The van der Waals surface area contributed by atoms with E-state index in [-0.39, 0.29) is 5.82 Å². The Hall–Kier alpha value is -2.27. The molecule has 3 rings (SSSR count). The van der Waals surface area contributed by atoms with E-state index < -0.39 is 31.1 Å². The number of aliphatic hydroxyl groups is 3. The Kier molecular flexibility index (Phi) is 5.90. The lowest BCUT2D eigenvalue weighted by Crippen LogP contribution is -2.33. The average molecular weight is 378 g/mol. The van der Waals surface area contributed by atoms with Crippen LogP contribution in [-0.2, 0) is 4.74 Å². The number of unbranched alkanes of at least 4 members (excludes halogenated alkanes) is 2. The molecule has 2 aromatic heterocycles. The summed E-state index contributed by atoms with van der Waals surface area (Å²) < 4.78 is 7.16. The second-order valence-corrected chi connectivity index (χ2v) is 6.47. The molecule has 3 heterocycles. The van der Waals surface area contributed by atoms with E-state index in [0.717, 1.165) is 19.3 Å². The van der Waals surface area contributed by atoms with Crippen LogP contribution < -0.4 is 11.1 Å². The highest BCUT2D eigenvalue weighted by Gasteiger charge is 2.45. The van der Waals surface area contributed by atoms with Gasteiger partial charge in [-0.3, -0.25) is 4.57 Å². The molecule has 4 atom stereocenters. The van der Waals surface area contributed by atoms with Crippen molar-refractivity contribution in [2.24, 2.45) is 0 Å². The molecule has 0 radical (unpaired) electrons. The first kappa shape index (κ1) is 19.5. The minimum atomic E-state index is -1.26. The Labute approximate surface area is 156 Å². The first-order valence-electron chi connectivity index (χ1n) is 9.04. The third-order valence-electron chi connectivity index (χ3n) is 4.57. The van der Waals surface area contributed by atoms with Crippen LogP contribution in [0.2, 0.25) is 0 Å². The molecule has 148 valence electrons. The largest absolute Gasteiger partial charge is 0.394 e. The minimum absolute atomic E-state index is 0.206. The standard InChI is InChI=1S/C17H26N6O4/c1-3-4-5-6-7-10-20-14(18)11-15(21-10)23(17(19-2)22-11)16-13(26)12(25)9(8-24)27-16/h6-7,9,12-13,16,24-26H,3-5,8H2,1-2H3,(H,19,22)(H2,18,20,21)/t9-,12-,13-,16-/m1/s1. The van der Waals surface area contributed by atoms with E-state index in [2.05, 4.69) is 27.2 Å². The monoisotopic (exact) mass is 378 g/mol. The number of aliphatic hydroxyl groups excluding tert-OH is 3. The van der Waals surface area contributed by atoms with Crippen LogP contribution in [0.15, 0.2) is 6.08 Å². The van der Waals surface area contributed by atoms with Crippen LogP contribution in [0, 0.1) is 0 Å². The zero-order valence-corrected chi connectivity index (χ0v) is 15.4. The molecule has 0 unspecified atom stereocenters. The SMILES string of the molecule is CCCCC=Cc1nc(N)c2nc(NC)n([C@@H]3O[C@H](CO)[C@@H](O)[C@H]3O)c2n1. The van der Waals surface area contributed by atoms with Gasteiger partial charge in [-0.25, -0.2) is 15.0 Å². The van der Waals surface area contributed by atoms with Gasteiger partial charge in [0.25, 0.3) is 0 Å². The van der Waals surface area contributed by atoms with Crippen LogP contribution >= 0.6 is 0 Å². The molecular weight excluding hydrogens is 352 g/mol. The van der Waals surface area contributed by atoms with Crippen LogP contribution in [0.25, 0.3) is 17.2 Å². The molecule has 1 aliphatic heterocycles. The van der Waals surface area contributed by atoms with Crippen molar-refractivity contribution < 1.29 is 20.1 Å². The number of hydrogen-bond acceptors (Lipinski definition) is 9. The second-order valence-electron chi connectivity index (χ2n) is 6.47. The van der Waals surface area contributed by atoms with E-state index in [0.29, 0.717) is 22.9 Å². The van der Waals surface area contributed by atoms with E-state index in [9.17, 15) is 15.3 Å². The highest BCUT2D eigenvalue weighted by molar-refractivity contribution is 5.85. The number of aromatic nitrogens is 4. The van der Waals surface area contributed by atoms with Gasteiger partial charge < -0.3 is 31.1 Å². The van der Waals surface area contributed by atoms with E-state index in [4.69, 9.17) is 10.5 Å². The van der Waals surface area contributed by atoms with Gasteiger partial charge in [-0.15, -0.1) is 0 Å². The summed E-state index contributed by atoms with van der Waals surface area (Å²) in [4.78, 5) is 13.1. The summed E-state index contributed by atoms with van der Waals surface area (Å²) in [5, 5.41) is 32.7. The number of fused-ring (bicyclic) bond motifs is 1. The molecule has 0 amide bonds. The zero-order valence-electron chi connectivity index (χ0n) is 15.4. The third-order valence-corrected chi connectivity index (χ3v) is 4.57. The molecule has 0 saturated carbocycles. The topological polar surface area (TPSA) is 152 Å². The van der Waals surface area contributed by atoms with Crippen molar-refractivity contribution >= 4 is 29.0 Å². The van der Waals surface area contributed by atoms with Crippen molar-refractivity contribution in [2.45, 2.75) is 50.7 Å². The number of hydrogen-bond donors (Lipinski definition) is 5. The van der Waals surface area contributed by atoms with E-state index in [1.807, 2.05) is 6.08 Å². The normalized spacial score (nSPS) is 25.7. The van der Waals surface area contributed by atoms with Crippen molar-refractivity contribution in [1.29, 1.82) is 0 Å². The summed E-state index contributed by atoms with van der Waals surface area (Å²) in [7, 11) is 1.66. The summed E-state index contributed by atoms with van der Waals surface area (Å²) in [6.45, 7) is 1.70. The molecular formula is C17H26N6O4. The quantitative estimate of drug-likeness (QED) is 0.427. The smallest absolute Gasteiger partial charge is 0.207 e. The van der Waals surface area contributed by atoms with Gasteiger partial charge in [0.05, 0.1) is 6.61 Å².